The smallest absolute Gasteiger partial charge is 0.241 e. The van der Waals surface area contributed by atoms with E-state index in [0.29, 0.717) is 31.2 Å². The molecule has 2 aromatic carbocycles. The number of sulfone groups is 1. The lowest BCUT2D eigenvalue weighted by Crippen LogP contribution is -2.56. The molecule has 0 spiro atoms. The molecule has 4 atom stereocenters. The molecule has 13 heteroatoms. The number of hydrogen-bond donors (Lipinski definition) is 4. The maximum Gasteiger partial charge on any atom is 0.241 e. The number of carbonyl (C=O) groups is 1. The first kappa shape index (κ1) is 40.1. The van der Waals surface area contributed by atoms with Crippen LogP contribution in [0.1, 0.15) is 68.7 Å². The topological polar surface area (TPSA) is 155 Å². The SMILES string of the molecule is CCCC(CCC)S(=O)(=O)C[C@@H](NC(O)OCc1ccncc1)C(=O)N(Cc1cccc(CC)c1)C[C@@H](O)[C@@H](N)Cc1cc(F)cc(F)c1. The number of aliphatic hydroxyl groups excluding tert-OH is 2. The van der Waals surface area contributed by atoms with E-state index in [4.69, 9.17) is 10.5 Å². The molecule has 10 nitrogen and oxygen atoms in total. The Kier molecular flexibility index (Phi) is 16.2. The number of hydrogen-bond acceptors (Lipinski definition) is 9. The first-order valence-electron chi connectivity index (χ1n) is 16.8. The second-order valence-electron chi connectivity index (χ2n) is 12.4. The summed E-state index contributed by atoms with van der Waals surface area (Å²) in [5.74, 6) is -2.89. The van der Waals surface area contributed by atoms with Gasteiger partial charge in [-0.1, -0.05) is 57.9 Å². The summed E-state index contributed by atoms with van der Waals surface area (Å²) in [4.78, 5) is 19.7. The zero-order valence-electron chi connectivity index (χ0n) is 28.5. The normalized spacial score (nSPS) is 14.4. The number of carbonyl (C=O) groups excluding carboxylic acids is 1. The van der Waals surface area contributed by atoms with Gasteiger partial charge in [-0.15, -0.1) is 0 Å². The molecule has 3 rings (SSSR count). The van der Waals surface area contributed by atoms with E-state index in [2.05, 4.69) is 10.3 Å². The zero-order valence-corrected chi connectivity index (χ0v) is 29.3. The fraction of sp³-hybridized carbons (Fsp3) is 0.500. The molecular formula is C36H50F2N4O6S. The van der Waals surface area contributed by atoms with Crippen molar-refractivity contribution in [1.82, 2.24) is 15.2 Å². The third kappa shape index (κ3) is 13.1. The van der Waals surface area contributed by atoms with Crippen LogP contribution in [0.2, 0.25) is 0 Å². The molecule has 3 aromatic rings. The van der Waals surface area contributed by atoms with Gasteiger partial charge in [0, 0.05) is 37.6 Å². The molecule has 1 unspecified atom stereocenters. The van der Waals surface area contributed by atoms with E-state index < -0.39 is 63.0 Å². The van der Waals surface area contributed by atoms with E-state index >= 15 is 0 Å². The number of nitrogens with two attached hydrogens (primary N) is 1. The van der Waals surface area contributed by atoms with E-state index in [9.17, 15) is 32.2 Å². The average Bonchev–Trinajstić information content (AvgIpc) is 3.06. The Bertz CT molecular complexity index is 1540. The Morgan fingerprint density at radius 1 is 0.939 bits per heavy atom. The molecule has 0 radical (unpaired) electrons. The van der Waals surface area contributed by atoms with Gasteiger partial charge in [-0.3, -0.25) is 15.1 Å². The van der Waals surface area contributed by atoms with Crippen LogP contribution in [0.4, 0.5) is 8.78 Å². The molecule has 0 saturated carbocycles. The fourth-order valence-corrected chi connectivity index (χ4v) is 7.87. The first-order valence-corrected chi connectivity index (χ1v) is 18.5. The number of nitrogens with zero attached hydrogens (tertiary/aromatic N) is 2. The van der Waals surface area contributed by atoms with Crippen molar-refractivity contribution in [2.45, 2.75) is 102 Å². The summed E-state index contributed by atoms with van der Waals surface area (Å²) in [5.41, 5.74) is 8.96. The van der Waals surface area contributed by atoms with Crippen LogP contribution >= 0.6 is 0 Å². The van der Waals surface area contributed by atoms with E-state index in [1.165, 1.54) is 4.90 Å². The van der Waals surface area contributed by atoms with Crippen LogP contribution in [-0.4, -0.2) is 76.6 Å². The Morgan fingerprint density at radius 2 is 1.57 bits per heavy atom. The predicted molar refractivity (Wildman–Crippen MR) is 185 cm³/mol. The number of aliphatic hydroxyl groups is 2. The van der Waals surface area contributed by atoms with E-state index in [1.54, 1.807) is 24.5 Å². The number of nitrogens with one attached hydrogen (secondary N) is 1. The third-order valence-electron chi connectivity index (χ3n) is 8.31. The summed E-state index contributed by atoms with van der Waals surface area (Å²) < 4.78 is 60.8. The van der Waals surface area contributed by atoms with E-state index in [1.807, 2.05) is 45.0 Å². The predicted octanol–water partition coefficient (Wildman–Crippen LogP) is 4.02. The van der Waals surface area contributed by atoms with Crippen molar-refractivity contribution >= 4 is 15.7 Å². The van der Waals surface area contributed by atoms with Crippen LogP contribution in [0.25, 0.3) is 0 Å². The Balaban J connectivity index is 1.93. The Morgan fingerprint density at radius 3 is 2.18 bits per heavy atom. The summed E-state index contributed by atoms with van der Waals surface area (Å²) in [6.45, 7) is 5.40. The van der Waals surface area contributed by atoms with Gasteiger partial charge < -0.3 is 25.6 Å². The second kappa shape index (κ2) is 19.8. The second-order valence-corrected chi connectivity index (χ2v) is 14.7. The minimum atomic E-state index is -3.86. The van der Waals surface area contributed by atoms with Crippen LogP contribution in [-0.2, 0) is 45.4 Å². The third-order valence-corrected chi connectivity index (χ3v) is 10.6. The molecule has 0 aliphatic carbocycles. The van der Waals surface area contributed by atoms with Crippen LogP contribution in [0, 0.1) is 11.6 Å². The lowest BCUT2D eigenvalue weighted by Gasteiger charge is -2.33. The van der Waals surface area contributed by atoms with Gasteiger partial charge >= 0.3 is 0 Å². The van der Waals surface area contributed by atoms with Gasteiger partial charge in [-0.25, -0.2) is 17.2 Å². The Labute approximate surface area is 288 Å². The standard InChI is InChI=1S/C36H50F2N4O6S/c1-4-8-31(9-5-2)49(46,47)24-33(41-36(45)48-23-26-12-14-40-15-13-26)35(44)42(21-27-11-7-10-25(6-3)16-27)22-34(43)32(39)19-28-17-29(37)20-30(38)18-28/h7,10-18,20,31-34,36,41,43,45H,4-6,8-9,19,21-24,39H2,1-3H3/t32-,33+,34+,36?/m0/s1. The molecule has 1 amide bonds. The lowest BCUT2D eigenvalue weighted by molar-refractivity contribution is -0.150. The van der Waals surface area contributed by atoms with Crippen molar-refractivity contribution in [3.8, 4) is 0 Å². The van der Waals surface area contributed by atoms with Crippen LogP contribution < -0.4 is 11.1 Å². The van der Waals surface area contributed by atoms with E-state index in [-0.39, 0.29) is 31.7 Å². The van der Waals surface area contributed by atoms with Crippen LogP contribution in [0.15, 0.2) is 67.0 Å². The van der Waals surface area contributed by atoms with Gasteiger partial charge in [-0.2, -0.15) is 0 Å². The summed E-state index contributed by atoms with van der Waals surface area (Å²) in [5, 5.41) is 24.1. The summed E-state index contributed by atoms with van der Waals surface area (Å²) in [7, 11) is -3.86. The van der Waals surface area contributed by atoms with Gasteiger partial charge in [-0.05, 0) is 72.2 Å². The molecule has 0 saturated heterocycles. The monoisotopic (exact) mass is 704 g/mol. The van der Waals surface area contributed by atoms with Crippen molar-refractivity contribution in [1.29, 1.82) is 0 Å². The quantitative estimate of drug-likeness (QED) is 0.120. The molecule has 1 heterocycles. The first-order chi connectivity index (χ1) is 23.3. The number of halogens is 2. The number of aryl methyl sites for hydroxylation is 1. The van der Waals surface area contributed by atoms with Crippen molar-refractivity contribution in [2.75, 3.05) is 12.3 Å². The molecular weight excluding hydrogens is 654 g/mol. The largest absolute Gasteiger partial charge is 0.390 e. The van der Waals surface area contributed by atoms with Gasteiger partial charge in [0.2, 0.25) is 12.3 Å². The number of pyridine rings is 1. The van der Waals surface area contributed by atoms with Gasteiger partial charge in [0.15, 0.2) is 9.84 Å². The van der Waals surface area contributed by atoms with Crippen molar-refractivity contribution in [3.05, 3.63) is 101 Å². The highest BCUT2D eigenvalue weighted by Gasteiger charge is 2.35. The molecule has 0 aliphatic heterocycles. The highest BCUT2D eigenvalue weighted by molar-refractivity contribution is 7.92. The minimum absolute atomic E-state index is 0.00933. The van der Waals surface area contributed by atoms with Crippen LogP contribution in [0.5, 0.6) is 0 Å². The number of amides is 1. The maximum absolute atomic E-state index is 14.4. The molecule has 49 heavy (non-hydrogen) atoms. The maximum atomic E-state index is 14.4. The van der Waals surface area contributed by atoms with Gasteiger partial charge in [0.1, 0.15) is 17.7 Å². The average molecular weight is 705 g/mol. The number of benzene rings is 2. The van der Waals surface area contributed by atoms with Gasteiger partial charge in [0.25, 0.3) is 0 Å². The van der Waals surface area contributed by atoms with E-state index in [0.717, 1.165) is 35.7 Å². The number of ether oxygens (including phenoxy) is 1. The zero-order chi connectivity index (χ0) is 36.0. The summed E-state index contributed by atoms with van der Waals surface area (Å²) in [6, 6.07) is 11.4. The van der Waals surface area contributed by atoms with Gasteiger partial charge in [0.05, 0.1) is 23.7 Å². The Hall–Kier alpha value is -3.33. The molecule has 0 bridgehead atoms. The summed E-state index contributed by atoms with van der Waals surface area (Å²) in [6.07, 6.45) is 2.79. The fourth-order valence-electron chi connectivity index (χ4n) is 5.70. The molecule has 270 valence electrons. The molecule has 1 aromatic heterocycles. The lowest BCUT2D eigenvalue weighted by atomic mass is 10.0. The highest BCUT2D eigenvalue weighted by Crippen LogP contribution is 2.20. The minimum Gasteiger partial charge on any atom is -0.390 e. The molecule has 0 fully saturated rings. The van der Waals surface area contributed by atoms with Crippen molar-refractivity contribution in [2.24, 2.45) is 5.73 Å². The number of aromatic nitrogens is 1. The molecule has 0 aliphatic rings. The van der Waals surface area contributed by atoms with Crippen LogP contribution in [0.3, 0.4) is 0 Å². The van der Waals surface area contributed by atoms with Crippen molar-refractivity contribution in [3.63, 3.8) is 0 Å². The highest BCUT2D eigenvalue weighted by atomic mass is 32.2. The number of rotatable bonds is 21. The van der Waals surface area contributed by atoms with Crippen molar-refractivity contribution < 1.29 is 36.9 Å². The molecule has 5 N–H and O–H groups in total. The summed E-state index contributed by atoms with van der Waals surface area (Å²) >= 11 is 0.